The molecule has 13 heavy (non-hydrogen) atoms. The number of hydrogen-bond donors (Lipinski definition) is 1. The Morgan fingerprint density at radius 2 is 2.08 bits per heavy atom. The second-order valence-electron chi connectivity index (χ2n) is 4.42. The van der Waals surface area contributed by atoms with Gasteiger partial charge in [0.15, 0.2) is 0 Å². The second kappa shape index (κ2) is 3.50. The predicted molar refractivity (Wildman–Crippen MR) is 51.1 cm³/mol. The molecule has 3 nitrogen and oxygen atoms in total. The summed E-state index contributed by atoms with van der Waals surface area (Å²) in [4.78, 5) is 11.5. The van der Waals surface area contributed by atoms with Crippen molar-refractivity contribution in [3.63, 3.8) is 0 Å². The standard InChI is InChI=1S/C10H17NO2/c1-10(2,3)13-9(12)7-4-5-8(11)6-7/h4-5,7-8H,6,11H2,1-3H3/t7-,8+/m1/s1. The lowest BCUT2D eigenvalue weighted by atomic mass is 10.1. The van der Waals surface area contributed by atoms with E-state index in [1.54, 1.807) is 0 Å². The Morgan fingerprint density at radius 3 is 2.46 bits per heavy atom. The maximum absolute atomic E-state index is 11.5. The van der Waals surface area contributed by atoms with Crippen LogP contribution >= 0.6 is 0 Å². The summed E-state index contributed by atoms with van der Waals surface area (Å²) in [6.07, 6.45) is 4.36. The van der Waals surface area contributed by atoms with E-state index in [-0.39, 0.29) is 17.9 Å². The van der Waals surface area contributed by atoms with Gasteiger partial charge in [-0.1, -0.05) is 12.2 Å². The third kappa shape index (κ3) is 3.19. The van der Waals surface area contributed by atoms with Crippen LogP contribution in [0, 0.1) is 5.92 Å². The molecule has 1 aliphatic rings. The zero-order valence-corrected chi connectivity index (χ0v) is 8.41. The van der Waals surface area contributed by atoms with Crippen LogP contribution in [0.2, 0.25) is 0 Å². The minimum atomic E-state index is -0.405. The van der Waals surface area contributed by atoms with Gasteiger partial charge in [0.1, 0.15) is 5.60 Å². The largest absolute Gasteiger partial charge is 0.460 e. The minimum absolute atomic E-state index is 0.0116. The average Bonchev–Trinajstić information content (AvgIpc) is 2.31. The Hall–Kier alpha value is -0.830. The molecule has 0 bridgehead atoms. The van der Waals surface area contributed by atoms with Crippen molar-refractivity contribution >= 4 is 5.97 Å². The molecular formula is C10H17NO2. The molecule has 0 aromatic rings. The van der Waals surface area contributed by atoms with Crippen LogP contribution < -0.4 is 5.73 Å². The van der Waals surface area contributed by atoms with Crippen molar-refractivity contribution in [3.05, 3.63) is 12.2 Å². The molecule has 74 valence electrons. The van der Waals surface area contributed by atoms with Gasteiger partial charge in [0.25, 0.3) is 0 Å². The van der Waals surface area contributed by atoms with E-state index in [2.05, 4.69) is 0 Å². The van der Waals surface area contributed by atoms with Crippen molar-refractivity contribution in [1.29, 1.82) is 0 Å². The quantitative estimate of drug-likeness (QED) is 0.491. The normalized spacial score (nSPS) is 27.7. The molecule has 0 aliphatic heterocycles. The molecule has 0 saturated carbocycles. The average molecular weight is 183 g/mol. The summed E-state index contributed by atoms with van der Waals surface area (Å²) in [6, 6.07) is 0.0116. The van der Waals surface area contributed by atoms with Crippen LogP contribution in [-0.4, -0.2) is 17.6 Å². The van der Waals surface area contributed by atoms with Gasteiger partial charge in [-0.2, -0.15) is 0 Å². The lowest BCUT2D eigenvalue weighted by molar-refractivity contribution is -0.158. The van der Waals surface area contributed by atoms with Crippen LogP contribution in [0.4, 0.5) is 0 Å². The Labute approximate surface area is 78.9 Å². The second-order valence-corrected chi connectivity index (χ2v) is 4.42. The number of nitrogens with two attached hydrogens (primary N) is 1. The van der Waals surface area contributed by atoms with Gasteiger partial charge in [-0.05, 0) is 27.2 Å². The van der Waals surface area contributed by atoms with Crippen molar-refractivity contribution in [3.8, 4) is 0 Å². The number of carbonyl (C=O) groups is 1. The van der Waals surface area contributed by atoms with Crippen molar-refractivity contribution in [2.45, 2.75) is 38.8 Å². The molecule has 2 atom stereocenters. The first-order valence-electron chi connectivity index (χ1n) is 4.55. The Morgan fingerprint density at radius 1 is 1.46 bits per heavy atom. The molecule has 0 aromatic carbocycles. The van der Waals surface area contributed by atoms with Crippen molar-refractivity contribution in [1.82, 2.24) is 0 Å². The smallest absolute Gasteiger partial charge is 0.313 e. The third-order valence-corrected chi connectivity index (χ3v) is 1.83. The van der Waals surface area contributed by atoms with Gasteiger partial charge in [0.2, 0.25) is 0 Å². The van der Waals surface area contributed by atoms with E-state index in [1.807, 2.05) is 32.9 Å². The molecule has 3 heteroatoms. The molecule has 1 rings (SSSR count). The van der Waals surface area contributed by atoms with Crippen LogP contribution in [0.1, 0.15) is 27.2 Å². The summed E-state index contributed by atoms with van der Waals surface area (Å²) >= 11 is 0. The van der Waals surface area contributed by atoms with E-state index in [0.717, 1.165) is 0 Å². The minimum Gasteiger partial charge on any atom is -0.460 e. The highest BCUT2D eigenvalue weighted by Crippen LogP contribution is 2.20. The first-order valence-corrected chi connectivity index (χ1v) is 4.55. The maximum atomic E-state index is 11.5. The molecule has 0 fully saturated rings. The van der Waals surface area contributed by atoms with Gasteiger partial charge in [-0.15, -0.1) is 0 Å². The van der Waals surface area contributed by atoms with Gasteiger partial charge in [-0.3, -0.25) is 4.79 Å². The zero-order chi connectivity index (χ0) is 10.1. The molecule has 0 spiro atoms. The summed E-state index contributed by atoms with van der Waals surface area (Å²) in [6.45, 7) is 5.59. The molecule has 1 aliphatic carbocycles. The number of hydrogen-bond acceptors (Lipinski definition) is 3. The van der Waals surface area contributed by atoms with Gasteiger partial charge >= 0.3 is 5.97 Å². The van der Waals surface area contributed by atoms with Crippen LogP contribution in [-0.2, 0) is 9.53 Å². The molecule has 0 radical (unpaired) electrons. The Balaban J connectivity index is 2.46. The highest BCUT2D eigenvalue weighted by molar-refractivity contribution is 5.75. The number of carbonyl (C=O) groups excluding carboxylic acids is 1. The summed E-state index contributed by atoms with van der Waals surface area (Å²) in [5.74, 6) is -0.314. The van der Waals surface area contributed by atoms with Crippen molar-refractivity contribution in [2.75, 3.05) is 0 Å². The van der Waals surface area contributed by atoms with Gasteiger partial charge in [0.05, 0.1) is 5.92 Å². The fourth-order valence-electron chi connectivity index (χ4n) is 1.28. The number of esters is 1. The van der Waals surface area contributed by atoms with Crippen LogP contribution in [0.15, 0.2) is 12.2 Å². The first kappa shape index (κ1) is 10.3. The molecule has 0 saturated heterocycles. The molecular weight excluding hydrogens is 166 g/mol. The molecule has 0 unspecified atom stereocenters. The van der Waals surface area contributed by atoms with E-state index in [9.17, 15) is 4.79 Å². The molecule has 0 amide bonds. The summed E-state index contributed by atoms with van der Waals surface area (Å²) in [5.41, 5.74) is 5.23. The van der Waals surface area contributed by atoms with E-state index in [1.165, 1.54) is 0 Å². The highest BCUT2D eigenvalue weighted by Gasteiger charge is 2.27. The zero-order valence-electron chi connectivity index (χ0n) is 8.41. The van der Waals surface area contributed by atoms with E-state index >= 15 is 0 Å². The van der Waals surface area contributed by atoms with Gasteiger partial charge < -0.3 is 10.5 Å². The number of rotatable bonds is 1. The van der Waals surface area contributed by atoms with Crippen molar-refractivity contribution in [2.24, 2.45) is 11.7 Å². The third-order valence-electron chi connectivity index (χ3n) is 1.83. The van der Waals surface area contributed by atoms with E-state index < -0.39 is 5.60 Å². The highest BCUT2D eigenvalue weighted by atomic mass is 16.6. The molecule has 2 N–H and O–H groups in total. The topological polar surface area (TPSA) is 52.3 Å². The van der Waals surface area contributed by atoms with Crippen LogP contribution in [0.25, 0.3) is 0 Å². The summed E-state index contributed by atoms with van der Waals surface area (Å²) in [5, 5.41) is 0. The number of ether oxygens (including phenoxy) is 1. The van der Waals surface area contributed by atoms with Crippen LogP contribution in [0.5, 0.6) is 0 Å². The monoisotopic (exact) mass is 183 g/mol. The summed E-state index contributed by atoms with van der Waals surface area (Å²) in [7, 11) is 0. The van der Waals surface area contributed by atoms with Crippen LogP contribution in [0.3, 0.4) is 0 Å². The fraction of sp³-hybridized carbons (Fsp3) is 0.700. The van der Waals surface area contributed by atoms with Gasteiger partial charge in [0, 0.05) is 6.04 Å². The Kier molecular flexibility index (Phi) is 2.76. The Bertz CT molecular complexity index is 228. The van der Waals surface area contributed by atoms with Gasteiger partial charge in [-0.25, -0.2) is 0 Å². The molecule has 0 aromatic heterocycles. The maximum Gasteiger partial charge on any atom is 0.313 e. The first-order chi connectivity index (χ1) is 5.88. The summed E-state index contributed by atoms with van der Waals surface area (Å²) < 4.78 is 5.22. The van der Waals surface area contributed by atoms with E-state index in [0.29, 0.717) is 6.42 Å². The SMILES string of the molecule is CC(C)(C)OC(=O)[C@@H]1C=C[C@H](N)C1. The lowest BCUT2D eigenvalue weighted by Crippen LogP contribution is -2.28. The van der Waals surface area contributed by atoms with Crippen molar-refractivity contribution < 1.29 is 9.53 Å². The van der Waals surface area contributed by atoms with E-state index in [4.69, 9.17) is 10.5 Å². The predicted octanol–water partition coefficient (Wildman–Crippen LogP) is 1.23. The fourth-order valence-corrected chi connectivity index (χ4v) is 1.28. The molecule has 0 heterocycles. The lowest BCUT2D eigenvalue weighted by Gasteiger charge is -2.21.